The first kappa shape index (κ1) is 29.6. The minimum atomic E-state index is -2.33. The molecule has 3 atom stereocenters. The number of hydrogen-bond donors (Lipinski definition) is 1. The lowest BCUT2D eigenvalue weighted by molar-refractivity contribution is -0.156. The average Bonchev–Trinajstić information content (AvgIpc) is 3.41. The largest absolute Gasteiger partial charge is 0.454 e. The molecule has 1 aliphatic heterocycles. The second-order valence-corrected chi connectivity index (χ2v) is 10.0. The van der Waals surface area contributed by atoms with E-state index in [1.165, 1.54) is 24.3 Å². The maximum absolute atomic E-state index is 14.6. The maximum atomic E-state index is 14.6. The molecule has 5 rings (SSSR count). The third-order valence-electron chi connectivity index (χ3n) is 7.33. The highest BCUT2D eigenvalue weighted by atomic mass is 19.1. The molecular formula is C34H30FNO7. The second kappa shape index (κ2) is 13.4. The lowest BCUT2D eigenvalue weighted by atomic mass is 9.86. The van der Waals surface area contributed by atoms with Crippen molar-refractivity contribution in [1.29, 1.82) is 0 Å². The highest BCUT2D eigenvalue weighted by Gasteiger charge is 2.50. The zero-order valence-electron chi connectivity index (χ0n) is 23.1. The molecule has 1 aliphatic rings. The van der Waals surface area contributed by atoms with E-state index in [1.54, 1.807) is 66.7 Å². The number of hydrogen-bond acceptors (Lipinski definition) is 7. The summed E-state index contributed by atoms with van der Waals surface area (Å²) in [6, 6.07) is 32.2. The number of carbonyl (C=O) groups excluding carboxylic acids is 3. The number of aliphatic hydroxyl groups is 1. The van der Waals surface area contributed by atoms with E-state index in [0.717, 1.165) is 10.5 Å². The predicted molar refractivity (Wildman–Crippen MR) is 155 cm³/mol. The van der Waals surface area contributed by atoms with Gasteiger partial charge in [-0.15, -0.1) is 0 Å². The highest BCUT2D eigenvalue weighted by Crippen LogP contribution is 2.33. The summed E-state index contributed by atoms with van der Waals surface area (Å²) in [6.07, 6.45) is -3.34. The van der Waals surface area contributed by atoms with E-state index in [0.29, 0.717) is 0 Å². The monoisotopic (exact) mass is 583 g/mol. The molecule has 4 aromatic carbocycles. The molecule has 43 heavy (non-hydrogen) atoms. The van der Waals surface area contributed by atoms with E-state index in [2.05, 4.69) is 0 Å². The normalized spacial score (nSPS) is 18.2. The zero-order chi connectivity index (χ0) is 30.2. The molecule has 8 nitrogen and oxygen atoms in total. The summed E-state index contributed by atoms with van der Waals surface area (Å²) in [7, 11) is 0. The van der Waals surface area contributed by atoms with Crippen LogP contribution in [-0.4, -0.2) is 59.5 Å². The molecule has 0 spiro atoms. The van der Waals surface area contributed by atoms with Gasteiger partial charge in [-0.3, -0.25) is 4.90 Å². The average molecular weight is 584 g/mol. The van der Waals surface area contributed by atoms with Gasteiger partial charge in [0.2, 0.25) is 5.60 Å². The number of likely N-dealkylation sites (tertiary alicyclic amines) is 1. The van der Waals surface area contributed by atoms with Crippen LogP contribution in [0.1, 0.15) is 27.0 Å². The number of esters is 2. The van der Waals surface area contributed by atoms with Crippen molar-refractivity contribution < 1.29 is 38.1 Å². The van der Waals surface area contributed by atoms with E-state index in [4.69, 9.17) is 14.2 Å². The maximum Gasteiger partial charge on any atom is 0.418 e. The van der Waals surface area contributed by atoms with Crippen LogP contribution in [0.4, 0.5) is 9.18 Å². The molecule has 220 valence electrons. The summed E-state index contributed by atoms with van der Waals surface area (Å²) in [6.45, 7) is -1.23. The van der Waals surface area contributed by atoms with Crippen LogP contribution in [-0.2, 0) is 31.2 Å². The molecule has 1 saturated heterocycles. The Morgan fingerprint density at radius 3 is 1.84 bits per heavy atom. The van der Waals surface area contributed by atoms with Crippen LogP contribution in [0.5, 0.6) is 0 Å². The van der Waals surface area contributed by atoms with Crippen molar-refractivity contribution in [3.63, 3.8) is 0 Å². The fourth-order valence-corrected chi connectivity index (χ4v) is 5.06. The van der Waals surface area contributed by atoms with Gasteiger partial charge in [0.15, 0.2) is 6.10 Å². The van der Waals surface area contributed by atoms with Gasteiger partial charge in [0.05, 0.1) is 18.7 Å². The summed E-state index contributed by atoms with van der Waals surface area (Å²) >= 11 is 0. The number of ether oxygens (including phenoxy) is 3. The molecule has 0 aliphatic carbocycles. The molecule has 9 heteroatoms. The minimum absolute atomic E-state index is 0.105. The predicted octanol–water partition coefficient (Wildman–Crippen LogP) is 5.05. The van der Waals surface area contributed by atoms with E-state index in [1.807, 2.05) is 30.3 Å². The first-order chi connectivity index (χ1) is 20.9. The quantitative estimate of drug-likeness (QED) is 0.217. The molecule has 4 aromatic rings. The van der Waals surface area contributed by atoms with Crippen molar-refractivity contribution in [2.24, 2.45) is 0 Å². The highest BCUT2D eigenvalue weighted by molar-refractivity contribution is 5.93. The number of rotatable bonds is 9. The Balaban J connectivity index is 1.40. The number of alkyl halides is 1. The number of halogens is 1. The smallest absolute Gasteiger partial charge is 0.418 e. The fraction of sp³-hybridized carbons (Fsp3) is 0.206. The number of carbonyl (C=O) groups is 3. The van der Waals surface area contributed by atoms with Crippen molar-refractivity contribution >= 4 is 18.0 Å². The van der Waals surface area contributed by atoms with Crippen LogP contribution in [0.25, 0.3) is 0 Å². The molecule has 0 aromatic heterocycles. The molecule has 0 bridgehead atoms. The molecule has 1 heterocycles. The first-order valence-corrected chi connectivity index (χ1v) is 13.8. The standard InChI is InChI=1S/C34H30FNO7/c35-21-28-30(42-31(37)25-15-7-2-8-16-25)29(41-23-24-13-5-1-6-14-24)22-36(28)33(39)43-32(38)34(40,26-17-9-3-10-18-26)27-19-11-4-12-20-27/h1-20,28-30,40H,21-23H2/t28-,29-,30+/m0/s1. The molecule has 0 unspecified atom stereocenters. The van der Waals surface area contributed by atoms with Gasteiger partial charge in [0.25, 0.3) is 0 Å². The zero-order valence-corrected chi connectivity index (χ0v) is 23.1. The second-order valence-electron chi connectivity index (χ2n) is 10.0. The summed E-state index contributed by atoms with van der Waals surface area (Å²) in [5.74, 6) is -1.98. The summed E-state index contributed by atoms with van der Waals surface area (Å²) in [5.41, 5.74) is -0.901. The Bertz CT molecular complexity index is 1480. The molecule has 1 amide bonds. The van der Waals surface area contributed by atoms with E-state index in [9.17, 15) is 23.9 Å². The van der Waals surface area contributed by atoms with Gasteiger partial charge in [-0.2, -0.15) is 0 Å². The van der Waals surface area contributed by atoms with E-state index in [-0.39, 0.29) is 29.8 Å². The molecule has 1 fully saturated rings. The van der Waals surface area contributed by atoms with Gasteiger partial charge in [-0.1, -0.05) is 109 Å². The molecule has 0 saturated carbocycles. The minimum Gasteiger partial charge on any atom is -0.454 e. The molecule has 0 radical (unpaired) electrons. The number of nitrogens with zero attached hydrogens (tertiary/aromatic N) is 1. The summed E-state index contributed by atoms with van der Waals surface area (Å²) in [4.78, 5) is 40.9. The van der Waals surface area contributed by atoms with Crippen LogP contribution in [0, 0.1) is 0 Å². The van der Waals surface area contributed by atoms with Crippen LogP contribution in [0.2, 0.25) is 0 Å². The van der Waals surface area contributed by atoms with Gasteiger partial charge >= 0.3 is 18.0 Å². The fourth-order valence-electron chi connectivity index (χ4n) is 5.06. The third-order valence-corrected chi connectivity index (χ3v) is 7.33. The van der Waals surface area contributed by atoms with Crippen molar-refractivity contribution in [3.05, 3.63) is 144 Å². The van der Waals surface area contributed by atoms with Crippen LogP contribution in [0.15, 0.2) is 121 Å². The van der Waals surface area contributed by atoms with Gasteiger partial charge in [-0.25, -0.2) is 18.8 Å². The summed E-state index contributed by atoms with van der Waals surface area (Å²) in [5, 5.41) is 11.7. The summed E-state index contributed by atoms with van der Waals surface area (Å²) < 4.78 is 31.6. The van der Waals surface area contributed by atoms with E-state index >= 15 is 0 Å². The Labute approximate surface area is 248 Å². The number of amides is 1. The number of benzene rings is 4. The van der Waals surface area contributed by atoms with Crippen LogP contribution >= 0.6 is 0 Å². The van der Waals surface area contributed by atoms with Gasteiger partial charge in [0, 0.05) is 0 Å². The first-order valence-electron chi connectivity index (χ1n) is 13.8. The molecular weight excluding hydrogens is 553 g/mol. The Kier molecular flexibility index (Phi) is 9.24. The van der Waals surface area contributed by atoms with E-state index < -0.39 is 48.6 Å². The lowest BCUT2D eigenvalue weighted by Crippen LogP contribution is -2.46. The van der Waals surface area contributed by atoms with Crippen molar-refractivity contribution in [2.45, 2.75) is 30.5 Å². The topological polar surface area (TPSA) is 102 Å². The SMILES string of the molecule is O=C(O[C@H]1[C@@H](OCc2ccccc2)CN(C(=O)OC(=O)C(O)(c2ccccc2)c2ccccc2)[C@H]1CF)c1ccccc1. The Morgan fingerprint density at radius 2 is 1.30 bits per heavy atom. The van der Waals surface area contributed by atoms with Crippen LogP contribution < -0.4 is 0 Å². The Morgan fingerprint density at radius 1 is 0.791 bits per heavy atom. The Hall–Kier alpha value is -4.86. The van der Waals surface area contributed by atoms with Gasteiger partial charge in [-0.05, 0) is 28.8 Å². The third kappa shape index (κ3) is 6.48. The lowest BCUT2D eigenvalue weighted by Gasteiger charge is -2.29. The van der Waals surface area contributed by atoms with Crippen molar-refractivity contribution in [2.75, 3.05) is 13.2 Å². The van der Waals surface area contributed by atoms with Gasteiger partial charge in [0.1, 0.15) is 18.8 Å². The van der Waals surface area contributed by atoms with Crippen molar-refractivity contribution in [3.8, 4) is 0 Å². The van der Waals surface area contributed by atoms with Crippen LogP contribution in [0.3, 0.4) is 0 Å². The van der Waals surface area contributed by atoms with Gasteiger partial charge < -0.3 is 19.3 Å². The molecule has 1 N–H and O–H groups in total. The van der Waals surface area contributed by atoms with Crippen molar-refractivity contribution in [1.82, 2.24) is 4.90 Å².